The van der Waals surface area contributed by atoms with Gasteiger partial charge in [0.2, 0.25) is 0 Å². The molecule has 0 saturated carbocycles. The molecule has 0 aromatic heterocycles. The van der Waals surface area contributed by atoms with Gasteiger partial charge >= 0.3 is 0 Å². The molecule has 17 heavy (non-hydrogen) atoms. The van der Waals surface area contributed by atoms with Crippen LogP contribution in [0.5, 0.6) is 0 Å². The second-order valence-electron chi connectivity index (χ2n) is 5.16. The molecule has 0 spiro atoms. The van der Waals surface area contributed by atoms with E-state index in [1.54, 1.807) is 0 Å². The number of benzene rings is 1. The molecule has 1 saturated heterocycles. The van der Waals surface area contributed by atoms with Gasteiger partial charge in [-0.05, 0) is 63.9 Å². The van der Waals surface area contributed by atoms with Gasteiger partial charge < -0.3 is 10.6 Å². The molecule has 1 fully saturated rings. The molecule has 0 radical (unpaired) electrons. The summed E-state index contributed by atoms with van der Waals surface area (Å²) in [5.74, 6) is 0. The van der Waals surface area contributed by atoms with Crippen molar-refractivity contribution in [3.63, 3.8) is 0 Å². The van der Waals surface area contributed by atoms with Gasteiger partial charge in [-0.2, -0.15) is 0 Å². The first-order valence-corrected chi connectivity index (χ1v) is 6.76. The minimum atomic E-state index is 0.724. The second kappa shape index (κ2) is 6.18. The summed E-state index contributed by atoms with van der Waals surface area (Å²) >= 11 is 0. The molecule has 2 N–H and O–H groups in total. The summed E-state index contributed by atoms with van der Waals surface area (Å²) in [6, 6.07) is 7.49. The number of hydrogen-bond acceptors (Lipinski definition) is 2. The summed E-state index contributed by atoms with van der Waals surface area (Å²) in [7, 11) is 0. The number of rotatable bonds is 4. The number of hydrogen-bond donors (Lipinski definition) is 2. The van der Waals surface area contributed by atoms with Crippen molar-refractivity contribution in [2.24, 2.45) is 0 Å². The highest BCUT2D eigenvalue weighted by Gasteiger charge is 2.11. The SMILES string of the molecule is Cc1ccc(CCNC2CCNCC2)c(C)c1. The Hall–Kier alpha value is -0.860. The highest BCUT2D eigenvalue weighted by Crippen LogP contribution is 2.11. The van der Waals surface area contributed by atoms with Crippen molar-refractivity contribution in [1.29, 1.82) is 0 Å². The van der Waals surface area contributed by atoms with Gasteiger partial charge in [0.25, 0.3) is 0 Å². The monoisotopic (exact) mass is 232 g/mol. The maximum Gasteiger partial charge on any atom is 0.00913 e. The highest BCUT2D eigenvalue weighted by molar-refractivity contribution is 5.30. The van der Waals surface area contributed by atoms with Crippen LogP contribution in [0.3, 0.4) is 0 Å². The zero-order chi connectivity index (χ0) is 12.1. The van der Waals surface area contributed by atoms with E-state index >= 15 is 0 Å². The van der Waals surface area contributed by atoms with E-state index in [2.05, 4.69) is 42.7 Å². The first kappa shape index (κ1) is 12.6. The third-order valence-electron chi connectivity index (χ3n) is 3.66. The van der Waals surface area contributed by atoms with Gasteiger partial charge in [-0.1, -0.05) is 23.8 Å². The van der Waals surface area contributed by atoms with Gasteiger partial charge in [-0.15, -0.1) is 0 Å². The molecule has 1 aromatic rings. The summed E-state index contributed by atoms with van der Waals surface area (Å²) < 4.78 is 0. The Balaban J connectivity index is 1.77. The van der Waals surface area contributed by atoms with E-state index in [9.17, 15) is 0 Å². The third-order valence-corrected chi connectivity index (χ3v) is 3.66. The first-order valence-electron chi connectivity index (χ1n) is 6.76. The van der Waals surface area contributed by atoms with Gasteiger partial charge in [-0.3, -0.25) is 0 Å². The van der Waals surface area contributed by atoms with Crippen LogP contribution in [0, 0.1) is 13.8 Å². The average Bonchev–Trinajstić information content (AvgIpc) is 2.33. The fourth-order valence-electron chi connectivity index (χ4n) is 2.56. The standard InChI is InChI=1S/C15H24N2/c1-12-3-4-14(13(2)11-12)5-10-17-15-6-8-16-9-7-15/h3-4,11,15-17H,5-10H2,1-2H3. The van der Waals surface area contributed by atoms with Crippen LogP contribution >= 0.6 is 0 Å². The Labute approximate surface area is 105 Å². The zero-order valence-corrected chi connectivity index (χ0v) is 11.1. The Morgan fingerprint density at radius 2 is 2.00 bits per heavy atom. The van der Waals surface area contributed by atoms with Crippen LogP contribution in [0.4, 0.5) is 0 Å². The normalized spacial score (nSPS) is 17.3. The molecule has 1 aliphatic rings. The van der Waals surface area contributed by atoms with Crippen molar-refractivity contribution in [1.82, 2.24) is 10.6 Å². The van der Waals surface area contributed by atoms with E-state index in [1.165, 1.54) is 42.6 Å². The maximum atomic E-state index is 3.67. The molecule has 0 atom stereocenters. The lowest BCUT2D eigenvalue weighted by Gasteiger charge is -2.23. The van der Waals surface area contributed by atoms with Gasteiger partial charge in [0.05, 0.1) is 0 Å². The minimum absolute atomic E-state index is 0.724. The van der Waals surface area contributed by atoms with Crippen molar-refractivity contribution in [3.8, 4) is 0 Å². The van der Waals surface area contributed by atoms with Gasteiger partial charge in [0.1, 0.15) is 0 Å². The predicted octanol–water partition coefficient (Wildman–Crippen LogP) is 2.19. The Morgan fingerprint density at radius 3 is 2.71 bits per heavy atom. The van der Waals surface area contributed by atoms with E-state index in [1.807, 2.05) is 0 Å². The molecule has 1 aromatic carbocycles. The maximum absolute atomic E-state index is 3.67. The molecule has 0 aliphatic carbocycles. The average molecular weight is 232 g/mol. The molecule has 1 heterocycles. The molecule has 94 valence electrons. The molecule has 2 heteroatoms. The minimum Gasteiger partial charge on any atom is -0.317 e. The van der Waals surface area contributed by atoms with Gasteiger partial charge in [0, 0.05) is 6.04 Å². The molecule has 2 rings (SSSR count). The smallest absolute Gasteiger partial charge is 0.00913 e. The van der Waals surface area contributed by atoms with E-state index < -0.39 is 0 Å². The van der Waals surface area contributed by atoms with Gasteiger partial charge in [-0.25, -0.2) is 0 Å². The lowest BCUT2D eigenvalue weighted by atomic mass is 10.0. The van der Waals surface area contributed by atoms with Crippen molar-refractivity contribution < 1.29 is 0 Å². The Morgan fingerprint density at radius 1 is 1.24 bits per heavy atom. The second-order valence-corrected chi connectivity index (χ2v) is 5.16. The van der Waals surface area contributed by atoms with E-state index in [-0.39, 0.29) is 0 Å². The van der Waals surface area contributed by atoms with E-state index in [0.29, 0.717) is 0 Å². The fourth-order valence-corrected chi connectivity index (χ4v) is 2.56. The Bertz CT molecular complexity index is 354. The lowest BCUT2D eigenvalue weighted by Crippen LogP contribution is -2.40. The van der Waals surface area contributed by atoms with Crippen LogP contribution in [0.1, 0.15) is 29.5 Å². The molecule has 0 bridgehead atoms. The summed E-state index contributed by atoms with van der Waals surface area (Å²) in [5, 5.41) is 7.07. The molecular formula is C15H24N2. The summed E-state index contributed by atoms with van der Waals surface area (Å²) in [4.78, 5) is 0. The van der Waals surface area contributed by atoms with Crippen molar-refractivity contribution in [2.75, 3.05) is 19.6 Å². The topological polar surface area (TPSA) is 24.1 Å². The number of piperidine rings is 1. The van der Waals surface area contributed by atoms with Crippen LogP contribution in [-0.4, -0.2) is 25.7 Å². The Kier molecular flexibility index (Phi) is 4.57. The van der Waals surface area contributed by atoms with Crippen LogP contribution in [0.2, 0.25) is 0 Å². The largest absolute Gasteiger partial charge is 0.317 e. The molecule has 0 unspecified atom stereocenters. The van der Waals surface area contributed by atoms with Crippen LogP contribution < -0.4 is 10.6 Å². The quantitative estimate of drug-likeness (QED) is 0.831. The van der Waals surface area contributed by atoms with Crippen LogP contribution in [-0.2, 0) is 6.42 Å². The highest BCUT2D eigenvalue weighted by atomic mass is 15.0. The molecule has 2 nitrogen and oxygen atoms in total. The predicted molar refractivity (Wildman–Crippen MR) is 73.5 cm³/mol. The third kappa shape index (κ3) is 3.83. The molecule has 1 aliphatic heterocycles. The van der Waals surface area contributed by atoms with E-state index in [4.69, 9.17) is 0 Å². The van der Waals surface area contributed by atoms with Crippen molar-refractivity contribution in [3.05, 3.63) is 34.9 Å². The fraction of sp³-hybridized carbons (Fsp3) is 0.600. The van der Waals surface area contributed by atoms with Gasteiger partial charge in [0.15, 0.2) is 0 Å². The zero-order valence-electron chi connectivity index (χ0n) is 11.1. The van der Waals surface area contributed by atoms with E-state index in [0.717, 1.165) is 19.0 Å². The summed E-state index contributed by atoms with van der Waals surface area (Å²) in [5.41, 5.74) is 4.27. The number of nitrogens with one attached hydrogen (secondary N) is 2. The summed E-state index contributed by atoms with van der Waals surface area (Å²) in [6.07, 6.45) is 3.69. The van der Waals surface area contributed by atoms with Crippen LogP contribution in [0.25, 0.3) is 0 Å². The summed E-state index contributed by atoms with van der Waals surface area (Å²) in [6.45, 7) is 7.81. The lowest BCUT2D eigenvalue weighted by molar-refractivity contribution is 0.389. The van der Waals surface area contributed by atoms with Crippen LogP contribution in [0.15, 0.2) is 18.2 Å². The van der Waals surface area contributed by atoms with Crippen molar-refractivity contribution >= 4 is 0 Å². The first-order chi connectivity index (χ1) is 8.25. The molecular weight excluding hydrogens is 208 g/mol. The van der Waals surface area contributed by atoms with Crippen molar-refractivity contribution in [2.45, 2.75) is 39.2 Å². The molecule has 0 amide bonds. The number of aryl methyl sites for hydroxylation is 2.